The zero-order chi connectivity index (χ0) is 13.1. The Labute approximate surface area is 110 Å². The third kappa shape index (κ3) is 2.33. The van der Waals surface area contributed by atoms with Crippen LogP contribution in [0.3, 0.4) is 0 Å². The second-order valence-electron chi connectivity index (χ2n) is 5.27. The van der Waals surface area contributed by atoms with Crippen LogP contribution in [-0.4, -0.2) is 22.4 Å². The van der Waals surface area contributed by atoms with Gasteiger partial charge in [-0.3, -0.25) is 0 Å². The molecule has 0 radical (unpaired) electrons. The maximum absolute atomic E-state index is 6.25. The van der Waals surface area contributed by atoms with Crippen LogP contribution >= 0.6 is 0 Å². The summed E-state index contributed by atoms with van der Waals surface area (Å²) >= 11 is 0. The quantitative estimate of drug-likeness (QED) is 0.874. The monoisotopic (exact) mass is 250 g/mol. The smallest absolute Gasteiger partial charge is 0.150 e. The van der Waals surface area contributed by atoms with Crippen molar-refractivity contribution < 1.29 is 0 Å². The van der Waals surface area contributed by atoms with Gasteiger partial charge in [-0.25, -0.2) is 4.68 Å². The van der Waals surface area contributed by atoms with E-state index >= 15 is 0 Å². The minimum Gasteiger partial charge on any atom is -0.394 e. The summed E-state index contributed by atoms with van der Waals surface area (Å²) in [6.45, 7) is 8.38. The van der Waals surface area contributed by atoms with Gasteiger partial charge in [0.15, 0.2) is 5.82 Å². The average Bonchev–Trinajstić information content (AvgIpc) is 2.95. The van der Waals surface area contributed by atoms with Crippen LogP contribution in [0.4, 0.5) is 11.5 Å². The number of rotatable bonds is 5. The van der Waals surface area contributed by atoms with Gasteiger partial charge in [0, 0.05) is 19.1 Å². The van der Waals surface area contributed by atoms with E-state index in [1.807, 2.05) is 6.92 Å². The number of nitrogen functional groups attached to an aromatic ring is 1. The molecule has 18 heavy (non-hydrogen) atoms. The van der Waals surface area contributed by atoms with E-state index in [-0.39, 0.29) is 0 Å². The molecule has 1 aliphatic rings. The van der Waals surface area contributed by atoms with E-state index in [4.69, 9.17) is 5.73 Å². The van der Waals surface area contributed by atoms with Crippen molar-refractivity contribution in [1.82, 2.24) is 9.78 Å². The molecule has 0 saturated heterocycles. The molecule has 2 rings (SSSR count). The predicted octanol–water partition coefficient (Wildman–Crippen LogP) is 2.95. The molecule has 4 nitrogen and oxygen atoms in total. The van der Waals surface area contributed by atoms with Crippen LogP contribution in [-0.2, 0) is 6.54 Å². The Morgan fingerprint density at radius 3 is 2.56 bits per heavy atom. The number of aryl methyl sites for hydroxylation is 2. The van der Waals surface area contributed by atoms with E-state index in [9.17, 15) is 0 Å². The second kappa shape index (κ2) is 5.63. The normalized spacial score (nSPS) is 16.4. The highest BCUT2D eigenvalue weighted by Crippen LogP contribution is 2.33. The third-order valence-corrected chi connectivity index (χ3v) is 3.96. The number of aromatic nitrogens is 2. The predicted molar refractivity (Wildman–Crippen MR) is 76.9 cm³/mol. The lowest BCUT2D eigenvalue weighted by atomic mass is 10.2. The summed E-state index contributed by atoms with van der Waals surface area (Å²) in [7, 11) is 0. The summed E-state index contributed by atoms with van der Waals surface area (Å²) < 4.78 is 2.10. The van der Waals surface area contributed by atoms with Crippen molar-refractivity contribution in [2.45, 2.75) is 65.5 Å². The van der Waals surface area contributed by atoms with E-state index in [0.717, 1.165) is 36.7 Å². The molecule has 2 N–H and O–H groups in total. The molecular weight excluding hydrogens is 224 g/mol. The highest BCUT2D eigenvalue weighted by atomic mass is 15.4. The highest BCUT2D eigenvalue weighted by molar-refractivity contribution is 5.66. The zero-order valence-corrected chi connectivity index (χ0v) is 11.9. The van der Waals surface area contributed by atoms with Crippen molar-refractivity contribution in [3.05, 3.63) is 5.69 Å². The molecule has 1 heterocycles. The highest BCUT2D eigenvalue weighted by Gasteiger charge is 2.26. The summed E-state index contributed by atoms with van der Waals surface area (Å²) in [6, 6.07) is 0.656. The number of nitrogens with zero attached hydrogens (tertiary/aromatic N) is 3. The van der Waals surface area contributed by atoms with Gasteiger partial charge in [-0.1, -0.05) is 19.8 Å². The van der Waals surface area contributed by atoms with Gasteiger partial charge in [0.1, 0.15) is 0 Å². The Balaban J connectivity index is 2.33. The third-order valence-electron chi connectivity index (χ3n) is 3.96. The molecule has 0 spiro atoms. The topological polar surface area (TPSA) is 47.1 Å². The molecule has 102 valence electrons. The molecule has 0 bridgehead atoms. The van der Waals surface area contributed by atoms with Crippen LogP contribution < -0.4 is 10.6 Å². The van der Waals surface area contributed by atoms with E-state index in [0.29, 0.717) is 6.04 Å². The molecule has 0 aliphatic heterocycles. The van der Waals surface area contributed by atoms with Gasteiger partial charge in [0.25, 0.3) is 0 Å². The van der Waals surface area contributed by atoms with Crippen LogP contribution in [0.5, 0.6) is 0 Å². The van der Waals surface area contributed by atoms with Crippen LogP contribution in [0.15, 0.2) is 0 Å². The van der Waals surface area contributed by atoms with E-state index < -0.39 is 0 Å². The Hall–Kier alpha value is -1.19. The van der Waals surface area contributed by atoms with Crippen molar-refractivity contribution in [2.24, 2.45) is 0 Å². The summed E-state index contributed by atoms with van der Waals surface area (Å²) in [4.78, 5) is 2.47. The Kier molecular flexibility index (Phi) is 4.15. The molecule has 1 saturated carbocycles. The van der Waals surface area contributed by atoms with Crippen LogP contribution in [0, 0.1) is 6.92 Å². The van der Waals surface area contributed by atoms with Gasteiger partial charge in [-0.05, 0) is 33.1 Å². The Bertz CT molecular complexity index is 391. The standard InChI is InChI=1S/C14H26N4/c1-4-10-18-14(13(15)11(3)16-18)17(5-2)12-8-6-7-9-12/h12H,4-10,15H2,1-3H3. The van der Waals surface area contributed by atoms with Crippen molar-refractivity contribution >= 4 is 11.5 Å². The summed E-state index contributed by atoms with van der Waals surface area (Å²) in [5.41, 5.74) is 8.09. The first-order valence-electron chi connectivity index (χ1n) is 7.28. The van der Waals surface area contributed by atoms with E-state index in [1.54, 1.807) is 0 Å². The van der Waals surface area contributed by atoms with Crippen molar-refractivity contribution in [2.75, 3.05) is 17.2 Å². The van der Waals surface area contributed by atoms with Crippen molar-refractivity contribution in [1.29, 1.82) is 0 Å². The first-order valence-corrected chi connectivity index (χ1v) is 7.28. The fourth-order valence-corrected chi connectivity index (χ4v) is 3.05. The van der Waals surface area contributed by atoms with E-state index in [2.05, 4.69) is 28.5 Å². The summed E-state index contributed by atoms with van der Waals surface area (Å²) in [6.07, 6.45) is 6.38. The lowest BCUT2D eigenvalue weighted by Gasteiger charge is -2.30. The molecule has 1 aromatic rings. The zero-order valence-electron chi connectivity index (χ0n) is 11.9. The molecule has 0 aromatic carbocycles. The molecule has 1 aromatic heterocycles. The van der Waals surface area contributed by atoms with E-state index in [1.165, 1.54) is 25.7 Å². The van der Waals surface area contributed by atoms with Gasteiger partial charge in [-0.2, -0.15) is 5.10 Å². The SMILES string of the molecule is CCCn1nc(C)c(N)c1N(CC)C1CCCC1. The maximum atomic E-state index is 6.25. The Morgan fingerprint density at radius 2 is 2.00 bits per heavy atom. The first-order chi connectivity index (χ1) is 8.69. The lowest BCUT2D eigenvalue weighted by molar-refractivity contribution is 0.551. The molecule has 4 heteroatoms. The van der Waals surface area contributed by atoms with Gasteiger partial charge < -0.3 is 10.6 Å². The minimum atomic E-state index is 0.656. The number of anilines is 2. The van der Waals surface area contributed by atoms with Gasteiger partial charge in [0.05, 0.1) is 11.4 Å². The largest absolute Gasteiger partial charge is 0.394 e. The molecule has 1 aliphatic carbocycles. The molecular formula is C14H26N4. The number of hydrogen-bond donors (Lipinski definition) is 1. The second-order valence-corrected chi connectivity index (χ2v) is 5.27. The van der Waals surface area contributed by atoms with Crippen LogP contribution in [0.2, 0.25) is 0 Å². The fourth-order valence-electron chi connectivity index (χ4n) is 3.05. The molecule has 0 atom stereocenters. The average molecular weight is 250 g/mol. The van der Waals surface area contributed by atoms with Crippen molar-refractivity contribution in [3.8, 4) is 0 Å². The number of hydrogen-bond acceptors (Lipinski definition) is 3. The van der Waals surface area contributed by atoms with Crippen LogP contribution in [0.1, 0.15) is 51.6 Å². The van der Waals surface area contributed by atoms with Gasteiger partial charge in [-0.15, -0.1) is 0 Å². The number of nitrogens with two attached hydrogens (primary N) is 1. The minimum absolute atomic E-state index is 0.656. The Morgan fingerprint density at radius 1 is 1.33 bits per heavy atom. The van der Waals surface area contributed by atoms with Gasteiger partial charge >= 0.3 is 0 Å². The fraction of sp³-hybridized carbons (Fsp3) is 0.786. The summed E-state index contributed by atoms with van der Waals surface area (Å²) in [5, 5.41) is 4.59. The first kappa shape index (κ1) is 13.2. The summed E-state index contributed by atoms with van der Waals surface area (Å²) in [5.74, 6) is 1.16. The van der Waals surface area contributed by atoms with Gasteiger partial charge in [0.2, 0.25) is 0 Å². The maximum Gasteiger partial charge on any atom is 0.150 e. The molecule has 0 amide bonds. The lowest BCUT2D eigenvalue weighted by Crippen LogP contribution is -2.35. The molecule has 1 fully saturated rings. The van der Waals surface area contributed by atoms with Crippen LogP contribution in [0.25, 0.3) is 0 Å². The van der Waals surface area contributed by atoms with Crippen molar-refractivity contribution in [3.63, 3.8) is 0 Å². The molecule has 0 unspecified atom stereocenters.